The Bertz CT molecular complexity index is 792. The molecule has 1 unspecified atom stereocenters. The fourth-order valence-corrected chi connectivity index (χ4v) is 2.50. The molecule has 1 atom stereocenters. The fourth-order valence-electron chi connectivity index (χ4n) is 2.50. The lowest BCUT2D eigenvalue weighted by atomic mass is 9.77. The van der Waals surface area contributed by atoms with Gasteiger partial charge < -0.3 is 21.1 Å². The van der Waals surface area contributed by atoms with Gasteiger partial charge in [0.2, 0.25) is 0 Å². The minimum atomic E-state index is -1.53. The van der Waals surface area contributed by atoms with Gasteiger partial charge in [-0.15, -0.1) is 0 Å². The quantitative estimate of drug-likeness (QED) is 0.560. The third-order valence-corrected chi connectivity index (χ3v) is 3.96. The molecule has 2 rings (SSSR count). The number of hydrogen-bond acceptors (Lipinski definition) is 4. The van der Waals surface area contributed by atoms with E-state index in [0.29, 0.717) is 23.3 Å². The number of halogens is 2. The number of carboxylic acids is 2. The lowest BCUT2D eigenvalue weighted by molar-refractivity contribution is -0.134. The van der Waals surface area contributed by atoms with Gasteiger partial charge in [0.15, 0.2) is 0 Å². The molecule has 0 aliphatic heterocycles. The fraction of sp³-hybridized carbons (Fsp3) is 0.200. The van der Waals surface area contributed by atoms with Gasteiger partial charge in [0.1, 0.15) is 17.2 Å². The Hall–Kier alpha value is -3.10. The van der Waals surface area contributed by atoms with Crippen molar-refractivity contribution < 1.29 is 33.7 Å². The number of rotatable bonds is 6. The Kier molecular flexibility index (Phi) is 8.43. The maximum Gasteiger partial charge on any atom is 0.328 e. The minimum absolute atomic E-state index is 0.184. The first-order chi connectivity index (χ1) is 13.1. The summed E-state index contributed by atoms with van der Waals surface area (Å²) in [5.74, 6) is -3.83. The Morgan fingerprint density at radius 3 is 1.68 bits per heavy atom. The van der Waals surface area contributed by atoms with Gasteiger partial charge in [0, 0.05) is 18.1 Å². The van der Waals surface area contributed by atoms with Crippen molar-refractivity contribution >= 4 is 11.9 Å². The highest BCUT2D eigenvalue weighted by atomic mass is 19.1. The van der Waals surface area contributed by atoms with Crippen molar-refractivity contribution in [2.24, 2.45) is 11.7 Å². The van der Waals surface area contributed by atoms with Gasteiger partial charge in [-0.2, -0.15) is 0 Å². The smallest absolute Gasteiger partial charge is 0.328 e. The zero-order valence-electron chi connectivity index (χ0n) is 15.0. The van der Waals surface area contributed by atoms with Crippen molar-refractivity contribution in [2.45, 2.75) is 12.5 Å². The second kappa shape index (κ2) is 10.3. The molecule has 28 heavy (non-hydrogen) atoms. The topological polar surface area (TPSA) is 121 Å². The van der Waals surface area contributed by atoms with Crippen LogP contribution >= 0.6 is 0 Å². The molecule has 0 aliphatic rings. The molecule has 0 radical (unpaired) electrons. The largest absolute Gasteiger partial charge is 0.478 e. The van der Waals surface area contributed by atoms with Crippen LogP contribution in [0.15, 0.2) is 60.7 Å². The molecular formula is C20H21F2NO5. The van der Waals surface area contributed by atoms with Crippen LogP contribution in [-0.4, -0.2) is 33.8 Å². The minimum Gasteiger partial charge on any atom is -0.478 e. The van der Waals surface area contributed by atoms with Crippen LogP contribution in [0, 0.1) is 17.6 Å². The third kappa shape index (κ3) is 6.26. The molecule has 5 N–H and O–H groups in total. The van der Waals surface area contributed by atoms with Crippen molar-refractivity contribution in [3.05, 3.63) is 83.4 Å². The molecule has 2 aromatic carbocycles. The third-order valence-electron chi connectivity index (χ3n) is 3.96. The monoisotopic (exact) mass is 393 g/mol. The van der Waals surface area contributed by atoms with E-state index in [-0.39, 0.29) is 6.54 Å². The second-order valence-electron chi connectivity index (χ2n) is 5.93. The second-order valence-corrected chi connectivity index (χ2v) is 5.93. The molecule has 0 heterocycles. The molecule has 0 saturated carbocycles. The first kappa shape index (κ1) is 22.9. The van der Waals surface area contributed by atoms with E-state index in [9.17, 15) is 23.5 Å². The molecule has 0 bridgehead atoms. The van der Waals surface area contributed by atoms with Crippen molar-refractivity contribution in [3.8, 4) is 0 Å². The zero-order valence-corrected chi connectivity index (χ0v) is 15.0. The maximum atomic E-state index is 13.4. The Balaban J connectivity index is 0.000000416. The summed E-state index contributed by atoms with van der Waals surface area (Å²) < 4.78 is 26.9. The summed E-state index contributed by atoms with van der Waals surface area (Å²) in [5.41, 5.74) is 4.86. The van der Waals surface area contributed by atoms with Crippen molar-refractivity contribution in [2.75, 3.05) is 6.54 Å². The molecular weight excluding hydrogens is 372 g/mol. The van der Waals surface area contributed by atoms with Crippen molar-refractivity contribution in [1.29, 1.82) is 0 Å². The molecule has 0 amide bonds. The number of hydrogen-bond donors (Lipinski definition) is 4. The molecule has 0 aromatic heterocycles. The van der Waals surface area contributed by atoms with E-state index in [2.05, 4.69) is 0 Å². The van der Waals surface area contributed by atoms with Crippen molar-refractivity contribution in [1.82, 2.24) is 0 Å². The lowest BCUT2D eigenvalue weighted by Gasteiger charge is -2.34. The van der Waals surface area contributed by atoms with Crippen LogP contribution in [0.2, 0.25) is 0 Å². The van der Waals surface area contributed by atoms with E-state index in [1.807, 2.05) is 0 Å². The van der Waals surface area contributed by atoms with E-state index < -0.39 is 35.1 Å². The number of carbonyl (C=O) groups is 2. The van der Waals surface area contributed by atoms with Gasteiger partial charge in [0.25, 0.3) is 0 Å². The highest BCUT2D eigenvalue weighted by Crippen LogP contribution is 2.36. The Morgan fingerprint density at radius 2 is 1.39 bits per heavy atom. The van der Waals surface area contributed by atoms with Gasteiger partial charge >= 0.3 is 11.9 Å². The first-order valence-electron chi connectivity index (χ1n) is 8.19. The summed E-state index contributed by atoms with van der Waals surface area (Å²) in [6.45, 7) is 1.93. The van der Waals surface area contributed by atoms with Crippen LogP contribution in [0.3, 0.4) is 0 Å². The standard InChI is InChI=1S/C16H17F2NO.C4H4O4/c1-11(10-19)16(20,12-4-2-6-14(17)8-12)13-5-3-7-15(18)9-13;5-3(6)1-2-4(7)8/h2-9,11,20H,10,19H2,1H3;1-2H,(H,5,6)(H,7,8). The highest BCUT2D eigenvalue weighted by Gasteiger charge is 2.37. The van der Waals surface area contributed by atoms with E-state index >= 15 is 0 Å². The number of aliphatic hydroxyl groups is 1. The van der Waals surface area contributed by atoms with Crippen LogP contribution in [-0.2, 0) is 15.2 Å². The van der Waals surface area contributed by atoms with E-state index in [1.54, 1.807) is 19.1 Å². The van der Waals surface area contributed by atoms with Crippen LogP contribution in [0.25, 0.3) is 0 Å². The normalized spacial score (nSPS) is 12.2. The van der Waals surface area contributed by atoms with Crippen LogP contribution in [0.1, 0.15) is 18.1 Å². The molecule has 2 aromatic rings. The van der Waals surface area contributed by atoms with Crippen LogP contribution < -0.4 is 5.73 Å². The predicted molar refractivity (Wildman–Crippen MR) is 98.4 cm³/mol. The summed E-state index contributed by atoms with van der Waals surface area (Å²) in [5, 5.41) is 26.7. The number of carboxylic acid groups (broad SMARTS) is 2. The molecule has 0 fully saturated rings. The maximum absolute atomic E-state index is 13.4. The summed E-state index contributed by atoms with van der Waals surface area (Å²) in [4.78, 5) is 19.1. The lowest BCUT2D eigenvalue weighted by Crippen LogP contribution is -2.39. The van der Waals surface area contributed by atoms with E-state index in [4.69, 9.17) is 15.9 Å². The molecule has 0 aliphatic carbocycles. The Morgan fingerprint density at radius 1 is 1.00 bits per heavy atom. The van der Waals surface area contributed by atoms with Crippen molar-refractivity contribution in [3.63, 3.8) is 0 Å². The average molecular weight is 393 g/mol. The van der Waals surface area contributed by atoms with E-state index in [0.717, 1.165) is 0 Å². The van der Waals surface area contributed by atoms with E-state index in [1.165, 1.54) is 36.4 Å². The van der Waals surface area contributed by atoms with Gasteiger partial charge in [-0.3, -0.25) is 0 Å². The molecule has 6 nitrogen and oxygen atoms in total. The van der Waals surface area contributed by atoms with Gasteiger partial charge in [-0.25, -0.2) is 18.4 Å². The van der Waals surface area contributed by atoms with Gasteiger partial charge in [-0.1, -0.05) is 31.2 Å². The zero-order chi connectivity index (χ0) is 21.3. The summed E-state index contributed by atoms with van der Waals surface area (Å²) >= 11 is 0. The van der Waals surface area contributed by atoms with Gasteiger partial charge in [0.05, 0.1) is 0 Å². The van der Waals surface area contributed by atoms with Crippen LogP contribution in [0.4, 0.5) is 8.78 Å². The first-order valence-corrected chi connectivity index (χ1v) is 8.19. The highest BCUT2D eigenvalue weighted by molar-refractivity contribution is 5.89. The summed E-state index contributed by atoms with van der Waals surface area (Å²) in [7, 11) is 0. The molecule has 8 heteroatoms. The average Bonchev–Trinajstić information content (AvgIpc) is 2.65. The molecule has 0 saturated heterocycles. The Labute approximate surface area is 160 Å². The summed E-state index contributed by atoms with van der Waals surface area (Å²) in [6, 6.07) is 11.3. The number of nitrogens with two attached hydrogens (primary N) is 1. The molecule has 150 valence electrons. The molecule has 0 spiro atoms. The summed E-state index contributed by atoms with van der Waals surface area (Å²) in [6.07, 6.45) is 1.12. The number of aliphatic carboxylic acids is 2. The van der Waals surface area contributed by atoms with Gasteiger partial charge in [-0.05, 0) is 41.9 Å². The van der Waals surface area contributed by atoms with Crippen LogP contribution in [0.5, 0.6) is 0 Å². The predicted octanol–water partition coefficient (Wildman–Crippen LogP) is 2.51. The SMILES string of the molecule is CC(CN)C(O)(c1cccc(F)c1)c1cccc(F)c1.O=C(O)C=CC(=O)O. The number of benzene rings is 2.